The molecule has 1 aromatic carbocycles. The lowest BCUT2D eigenvalue weighted by molar-refractivity contribution is 0.180. The van der Waals surface area contributed by atoms with Crippen molar-refractivity contribution in [2.45, 2.75) is 19.9 Å². The molecule has 0 aliphatic rings. The third-order valence-electron chi connectivity index (χ3n) is 4.19. The fourth-order valence-corrected chi connectivity index (χ4v) is 2.58. The molecule has 0 aliphatic heterocycles. The van der Waals surface area contributed by atoms with Crippen LogP contribution in [0.5, 0.6) is 5.75 Å². The first-order chi connectivity index (χ1) is 13.6. The summed E-state index contributed by atoms with van der Waals surface area (Å²) in [5.41, 5.74) is 1.09. The Kier molecular flexibility index (Phi) is 13.1. The lowest BCUT2D eigenvalue weighted by Crippen LogP contribution is -2.41. The van der Waals surface area contributed by atoms with Crippen molar-refractivity contribution < 1.29 is 9.47 Å². The Hall–Kier alpha value is -1.83. The second-order valence-corrected chi connectivity index (χ2v) is 7.03. The van der Waals surface area contributed by atoms with E-state index in [-0.39, 0.29) is 0 Å². The molecule has 2 N–H and O–H groups in total. The Bertz CT molecular complexity index is 551. The van der Waals surface area contributed by atoms with Crippen LogP contribution < -0.4 is 15.4 Å². The number of para-hydroxylation sites is 1. The van der Waals surface area contributed by atoms with Crippen molar-refractivity contribution in [3.8, 4) is 5.75 Å². The average Bonchev–Trinajstić information content (AvgIpc) is 2.67. The van der Waals surface area contributed by atoms with Gasteiger partial charge >= 0.3 is 0 Å². The SMILES string of the molecule is CCNC(=NCc1ccccc1OCCN(C)C)NCCN(C)CCCOC. The normalized spacial score (nSPS) is 11.9. The van der Waals surface area contributed by atoms with Crippen LogP contribution in [0.4, 0.5) is 0 Å². The minimum atomic E-state index is 0.581. The summed E-state index contributed by atoms with van der Waals surface area (Å²) in [5.74, 6) is 1.73. The third-order valence-corrected chi connectivity index (χ3v) is 4.19. The highest BCUT2D eigenvalue weighted by Gasteiger charge is 2.05. The molecular weight excluding hydrogens is 354 g/mol. The molecule has 7 heteroatoms. The van der Waals surface area contributed by atoms with Gasteiger partial charge in [-0.2, -0.15) is 0 Å². The van der Waals surface area contributed by atoms with Gasteiger partial charge in [0.15, 0.2) is 5.96 Å². The van der Waals surface area contributed by atoms with Gasteiger partial charge in [0, 0.05) is 52.0 Å². The zero-order valence-electron chi connectivity index (χ0n) is 18.3. The van der Waals surface area contributed by atoms with Crippen LogP contribution in [0.3, 0.4) is 0 Å². The van der Waals surface area contributed by atoms with E-state index >= 15 is 0 Å². The molecule has 0 fully saturated rings. The number of hydrogen-bond donors (Lipinski definition) is 2. The number of hydrogen-bond acceptors (Lipinski definition) is 5. The highest BCUT2D eigenvalue weighted by molar-refractivity contribution is 5.79. The fraction of sp³-hybridized carbons (Fsp3) is 0.667. The first-order valence-electron chi connectivity index (χ1n) is 10.1. The summed E-state index contributed by atoms with van der Waals surface area (Å²) in [4.78, 5) is 9.13. The lowest BCUT2D eigenvalue weighted by atomic mass is 10.2. The van der Waals surface area contributed by atoms with Crippen LogP contribution in [-0.2, 0) is 11.3 Å². The van der Waals surface area contributed by atoms with Gasteiger partial charge < -0.3 is 29.9 Å². The molecule has 0 aliphatic carbocycles. The molecule has 0 amide bonds. The van der Waals surface area contributed by atoms with E-state index in [0.29, 0.717) is 13.2 Å². The van der Waals surface area contributed by atoms with Crippen LogP contribution in [0.25, 0.3) is 0 Å². The maximum atomic E-state index is 5.93. The number of nitrogens with one attached hydrogen (secondary N) is 2. The van der Waals surface area contributed by atoms with Crippen molar-refractivity contribution in [2.24, 2.45) is 4.99 Å². The molecule has 0 atom stereocenters. The average molecular weight is 394 g/mol. The van der Waals surface area contributed by atoms with E-state index in [2.05, 4.69) is 40.5 Å². The minimum absolute atomic E-state index is 0.581. The van der Waals surface area contributed by atoms with Crippen LogP contribution in [-0.4, -0.2) is 89.9 Å². The molecule has 0 saturated heterocycles. The van der Waals surface area contributed by atoms with Crippen LogP contribution in [0.15, 0.2) is 29.3 Å². The van der Waals surface area contributed by atoms with Gasteiger partial charge in [0.2, 0.25) is 0 Å². The maximum absolute atomic E-state index is 5.93. The van der Waals surface area contributed by atoms with Gasteiger partial charge in [0.1, 0.15) is 12.4 Å². The van der Waals surface area contributed by atoms with E-state index in [1.165, 1.54) is 0 Å². The highest BCUT2D eigenvalue weighted by atomic mass is 16.5. The van der Waals surface area contributed by atoms with Gasteiger partial charge in [-0.15, -0.1) is 0 Å². The Morgan fingerprint density at radius 3 is 2.54 bits per heavy atom. The van der Waals surface area contributed by atoms with Gasteiger partial charge in [0.05, 0.1) is 6.54 Å². The highest BCUT2D eigenvalue weighted by Crippen LogP contribution is 2.18. The summed E-state index contributed by atoms with van der Waals surface area (Å²) in [6.45, 7) is 8.68. The van der Waals surface area contributed by atoms with Crippen molar-refractivity contribution in [1.29, 1.82) is 0 Å². The van der Waals surface area contributed by atoms with Gasteiger partial charge in [-0.05, 0) is 40.6 Å². The smallest absolute Gasteiger partial charge is 0.191 e. The monoisotopic (exact) mass is 393 g/mol. The Morgan fingerprint density at radius 1 is 1.04 bits per heavy atom. The lowest BCUT2D eigenvalue weighted by Gasteiger charge is -2.18. The van der Waals surface area contributed by atoms with Crippen molar-refractivity contribution in [1.82, 2.24) is 20.4 Å². The van der Waals surface area contributed by atoms with Crippen molar-refractivity contribution in [3.05, 3.63) is 29.8 Å². The topological polar surface area (TPSA) is 61.4 Å². The quantitative estimate of drug-likeness (QED) is 0.285. The molecule has 160 valence electrons. The molecule has 0 aromatic heterocycles. The van der Waals surface area contributed by atoms with E-state index in [4.69, 9.17) is 14.5 Å². The standard InChI is InChI=1S/C21H39N5O2/c1-6-22-21(23-12-14-26(4)13-9-16-27-5)24-18-19-10-7-8-11-20(19)28-17-15-25(2)3/h7-8,10-11H,6,9,12-18H2,1-5H3,(H2,22,23,24). The number of ether oxygens (including phenoxy) is 2. The molecule has 0 heterocycles. The number of guanidine groups is 1. The molecule has 0 radical (unpaired) electrons. The number of nitrogens with zero attached hydrogens (tertiary/aromatic N) is 3. The predicted molar refractivity (Wildman–Crippen MR) is 117 cm³/mol. The zero-order chi connectivity index (χ0) is 20.6. The molecule has 0 bridgehead atoms. The van der Waals surface area contributed by atoms with Crippen molar-refractivity contribution in [3.63, 3.8) is 0 Å². The molecular formula is C21H39N5O2. The number of benzene rings is 1. The summed E-state index contributed by atoms with van der Waals surface area (Å²) >= 11 is 0. The fourth-order valence-electron chi connectivity index (χ4n) is 2.58. The largest absolute Gasteiger partial charge is 0.492 e. The third kappa shape index (κ3) is 11.1. The first-order valence-corrected chi connectivity index (χ1v) is 10.1. The summed E-state index contributed by atoms with van der Waals surface area (Å²) in [5, 5.41) is 6.72. The van der Waals surface area contributed by atoms with Crippen molar-refractivity contribution in [2.75, 3.05) is 74.2 Å². The second kappa shape index (κ2) is 15.1. The van der Waals surface area contributed by atoms with Crippen molar-refractivity contribution >= 4 is 5.96 Å². The summed E-state index contributed by atoms with van der Waals surface area (Å²) in [6.07, 6.45) is 1.05. The Labute approximate surface area is 171 Å². The van der Waals surface area contributed by atoms with E-state index < -0.39 is 0 Å². The number of likely N-dealkylation sites (N-methyl/N-ethyl adjacent to an activating group) is 2. The Balaban J connectivity index is 2.53. The van der Waals surface area contributed by atoms with E-state index in [9.17, 15) is 0 Å². The molecule has 0 spiro atoms. The van der Waals surface area contributed by atoms with Crippen LogP contribution in [0, 0.1) is 0 Å². The first kappa shape index (κ1) is 24.2. The molecule has 0 unspecified atom stereocenters. The van der Waals surface area contributed by atoms with Gasteiger partial charge in [0.25, 0.3) is 0 Å². The zero-order valence-corrected chi connectivity index (χ0v) is 18.3. The molecule has 0 saturated carbocycles. The maximum Gasteiger partial charge on any atom is 0.191 e. The number of aliphatic imine (C=N–C) groups is 1. The molecule has 1 rings (SSSR count). The Morgan fingerprint density at radius 2 is 1.82 bits per heavy atom. The summed E-state index contributed by atoms with van der Waals surface area (Å²) in [7, 11) is 7.96. The van der Waals surface area contributed by atoms with Crippen LogP contribution >= 0.6 is 0 Å². The molecule has 1 aromatic rings. The van der Waals surface area contributed by atoms with E-state index in [0.717, 1.165) is 63.0 Å². The van der Waals surface area contributed by atoms with E-state index in [1.54, 1.807) is 7.11 Å². The molecule has 7 nitrogen and oxygen atoms in total. The summed E-state index contributed by atoms with van der Waals surface area (Å²) < 4.78 is 11.0. The minimum Gasteiger partial charge on any atom is -0.492 e. The van der Waals surface area contributed by atoms with Crippen LogP contribution in [0.1, 0.15) is 18.9 Å². The number of methoxy groups -OCH3 is 1. The van der Waals surface area contributed by atoms with Gasteiger partial charge in [-0.3, -0.25) is 0 Å². The summed E-state index contributed by atoms with van der Waals surface area (Å²) in [6, 6.07) is 8.11. The van der Waals surface area contributed by atoms with Gasteiger partial charge in [-0.1, -0.05) is 18.2 Å². The predicted octanol–water partition coefficient (Wildman–Crippen LogP) is 1.65. The van der Waals surface area contributed by atoms with Gasteiger partial charge in [-0.25, -0.2) is 4.99 Å². The number of rotatable bonds is 14. The molecule has 28 heavy (non-hydrogen) atoms. The van der Waals surface area contributed by atoms with E-state index in [1.807, 2.05) is 32.3 Å². The van der Waals surface area contributed by atoms with Crippen LogP contribution in [0.2, 0.25) is 0 Å². The second-order valence-electron chi connectivity index (χ2n) is 7.03.